The zero-order valence-electron chi connectivity index (χ0n) is 12.9. The van der Waals surface area contributed by atoms with Gasteiger partial charge in [0.15, 0.2) is 5.65 Å². The van der Waals surface area contributed by atoms with Crippen molar-refractivity contribution >= 4 is 39.6 Å². The molecule has 4 rings (SSSR count). The Morgan fingerprint density at radius 3 is 2.92 bits per heavy atom. The van der Waals surface area contributed by atoms with Crippen LogP contribution in [0, 0.1) is 0 Å². The second-order valence-electron chi connectivity index (χ2n) is 5.31. The first kappa shape index (κ1) is 14.7. The number of nitrogens with zero attached hydrogens (tertiary/aromatic N) is 3. The van der Waals surface area contributed by atoms with Crippen molar-refractivity contribution < 1.29 is 4.74 Å². The highest BCUT2D eigenvalue weighted by atomic mass is 35.5. The minimum Gasteiger partial charge on any atom is -0.496 e. The van der Waals surface area contributed by atoms with E-state index in [1.807, 2.05) is 42.5 Å². The van der Waals surface area contributed by atoms with Crippen molar-refractivity contribution in [1.29, 1.82) is 0 Å². The summed E-state index contributed by atoms with van der Waals surface area (Å²) in [5, 5.41) is 13.2. The van der Waals surface area contributed by atoms with Crippen molar-refractivity contribution in [2.24, 2.45) is 0 Å². The van der Waals surface area contributed by atoms with E-state index < -0.39 is 0 Å². The average molecular weight is 340 g/mol. The molecule has 120 valence electrons. The maximum Gasteiger partial charge on any atom is 0.245 e. The summed E-state index contributed by atoms with van der Waals surface area (Å²) in [5.74, 6) is 1.27. The van der Waals surface area contributed by atoms with E-state index >= 15 is 0 Å². The van der Waals surface area contributed by atoms with Crippen LogP contribution in [0.1, 0.15) is 5.56 Å². The highest BCUT2D eigenvalue weighted by molar-refractivity contribution is 6.31. The molecular weight excluding hydrogens is 326 g/mol. The van der Waals surface area contributed by atoms with E-state index in [-0.39, 0.29) is 0 Å². The average Bonchev–Trinajstić information content (AvgIpc) is 2.97. The predicted octanol–water partition coefficient (Wildman–Crippen LogP) is 3.78. The van der Waals surface area contributed by atoms with Gasteiger partial charge in [-0.2, -0.15) is 4.98 Å². The van der Waals surface area contributed by atoms with Gasteiger partial charge < -0.3 is 15.0 Å². The Morgan fingerprint density at radius 1 is 1.17 bits per heavy atom. The van der Waals surface area contributed by atoms with E-state index in [9.17, 15) is 0 Å². The Kier molecular flexibility index (Phi) is 3.66. The van der Waals surface area contributed by atoms with Crippen molar-refractivity contribution in [3.8, 4) is 5.75 Å². The number of aromatic amines is 1. The fourth-order valence-electron chi connectivity index (χ4n) is 2.64. The lowest BCUT2D eigenvalue weighted by Gasteiger charge is -2.08. The maximum absolute atomic E-state index is 6.05. The Hall–Kier alpha value is -2.86. The minimum absolute atomic E-state index is 0.450. The number of fused-ring (bicyclic) bond motifs is 3. The Labute approximate surface area is 142 Å². The van der Waals surface area contributed by atoms with E-state index in [1.165, 1.54) is 0 Å². The number of halogens is 1. The van der Waals surface area contributed by atoms with E-state index in [1.54, 1.807) is 7.11 Å². The Balaban J connectivity index is 1.64. The lowest BCUT2D eigenvalue weighted by Crippen LogP contribution is -2.05. The summed E-state index contributed by atoms with van der Waals surface area (Å²) in [7, 11) is 1.65. The van der Waals surface area contributed by atoms with Crippen LogP contribution in [-0.2, 0) is 6.54 Å². The number of methoxy groups -OCH3 is 1. The molecule has 0 atom stereocenters. The summed E-state index contributed by atoms with van der Waals surface area (Å²) in [4.78, 5) is 7.72. The number of H-pyrrole nitrogens is 1. The number of anilines is 1. The first-order valence-corrected chi connectivity index (χ1v) is 7.80. The van der Waals surface area contributed by atoms with Crippen molar-refractivity contribution in [2.75, 3.05) is 12.4 Å². The van der Waals surface area contributed by atoms with E-state index in [2.05, 4.69) is 25.5 Å². The number of benzene rings is 2. The molecule has 2 heterocycles. The van der Waals surface area contributed by atoms with Gasteiger partial charge in [-0.15, -0.1) is 10.2 Å². The molecule has 6 nitrogen and oxygen atoms in total. The standard InChI is InChI=1S/C17H14ClN5O/c1-24-14-5-3-2-4-10(14)9-19-17-21-16-15(22-23-17)12-8-11(18)6-7-13(12)20-16/h2-8H,9H2,1H3,(H2,19,20,21,23). The maximum atomic E-state index is 6.05. The number of para-hydroxylation sites is 1. The highest BCUT2D eigenvalue weighted by Crippen LogP contribution is 2.25. The Morgan fingerprint density at radius 2 is 2.04 bits per heavy atom. The molecule has 0 saturated carbocycles. The molecule has 0 saturated heterocycles. The molecular formula is C17H14ClN5O. The third kappa shape index (κ3) is 2.61. The molecule has 0 amide bonds. The van der Waals surface area contributed by atoms with Gasteiger partial charge in [0.1, 0.15) is 11.3 Å². The molecule has 7 heteroatoms. The molecule has 0 fully saturated rings. The molecule has 0 spiro atoms. The van der Waals surface area contributed by atoms with Crippen LogP contribution in [0.5, 0.6) is 5.75 Å². The van der Waals surface area contributed by atoms with E-state index in [0.717, 1.165) is 22.2 Å². The molecule has 24 heavy (non-hydrogen) atoms. The molecule has 2 aromatic heterocycles. The molecule has 0 unspecified atom stereocenters. The second kappa shape index (κ2) is 5.98. The number of aromatic nitrogens is 4. The lowest BCUT2D eigenvalue weighted by atomic mass is 10.2. The number of nitrogens with one attached hydrogen (secondary N) is 2. The quantitative estimate of drug-likeness (QED) is 0.591. The minimum atomic E-state index is 0.450. The second-order valence-corrected chi connectivity index (χ2v) is 5.75. The molecule has 2 N–H and O–H groups in total. The molecule has 0 aliphatic carbocycles. The van der Waals surface area contributed by atoms with Crippen LogP contribution < -0.4 is 10.1 Å². The summed E-state index contributed by atoms with van der Waals surface area (Å²) in [6, 6.07) is 13.4. The topological polar surface area (TPSA) is 75.7 Å². The predicted molar refractivity (Wildman–Crippen MR) is 94.5 cm³/mol. The van der Waals surface area contributed by atoms with Gasteiger partial charge in [0.25, 0.3) is 0 Å². The first-order valence-electron chi connectivity index (χ1n) is 7.42. The van der Waals surface area contributed by atoms with Gasteiger partial charge in [-0.25, -0.2) is 0 Å². The Bertz CT molecular complexity index is 1030. The summed E-state index contributed by atoms with van der Waals surface area (Å²) < 4.78 is 5.34. The van der Waals surface area contributed by atoms with Crippen LogP contribution in [0.3, 0.4) is 0 Å². The summed E-state index contributed by atoms with van der Waals surface area (Å²) in [6.07, 6.45) is 0. The zero-order valence-corrected chi connectivity index (χ0v) is 13.6. The van der Waals surface area contributed by atoms with Crippen LogP contribution in [-0.4, -0.2) is 27.3 Å². The summed E-state index contributed by atoms with van der Waals surface area (Å²) in [5.41, 5.74) is 3.32. The normalized spacial score (nSPS) is 11.1. The molecule has 0 aliphatic rings. The van der Waals surface area contributed by atoms with E-state index in [4.69, 9.17) is 16.3 Å². The summed E-state index contributed by atoms with van der Waals surface area (Å²) >= 11 is 6.05. The fourth-order valence-corrected chi connectivity index (χ4v) is 2.81. The van der Waals surface area contributed by atoms with Gasteiger partial charge in [0, 0.05) is 28.0 Å². The fraction of sp³-hybridized carbons (Fsp3) is 0.118. The lowest BCUT2D eigenvalue weighted by molar-refractivity contribution is 0.410. The van der Waals surface area contributed by atoms with Gasteiger partial charge in [0.05, 0.1) is 7.11 Å². The third-order valence-electron chi connectivity index (χ3n) is 3.81. The number of rotatable bonds is 4. The SMILES string of the molecule is COc1ccccc1CNc1nnc2c(n1)[nH]c1ccc(Cl)cc12. The van der Waals surface area contributed by atoms with Crippen LogP contribution in [0.15, 0.2) is 42.5 Å². The van der Waals surface area contributed by atoms with Crippen molar-refractivity contribution in [3.63, 3.8) is 0 Å². The van der Waals surface area contributed by atoms with E-state index in [0.29, 0.717) is 28.7 Å². The smallest absolute Gasteiger partial charge is 0.245 e. The van der Waals surface area contributed by atoms with Gasteiger partial charge in [-0.1, -0.05) is 29.8 Å². The third-order valence-corrected chi connectivity index (χ3v) is 4.04. The van der Waals surface area contributed by atoms with Crippen LogP contribution in [0.2, 0.25) is 5.02 Å². The van der Waals surface area contributed by atoms with Crippen LogP contribution >= 0.6 is 11.6 Å². The van der Waals surface area contributed by atoms with Crippen LogP contribution in [0.25, 0.3) is 22.1 Å². The number of hydrogen-bond acceptors (Lipinski definition) is 5. The number of hydrogen-bond donors (Lipinski definition) is 2. The monoisotopic (exact) mass is 339 g/mol. The van der Waals surface area contributed by atoms with Gasteiger partial charge >= 0.3 is 0 Å². The number of ether oxygens (including phenoxy) is 1. The zero-order chi connectivity index (χ0) is 16.5. The first-order chi connectivity index (χ1) is 11.7. The molecule has 4 aromatic rings. The van der Waals surface area contributed by atoms with Gasteiger partial charge in [-0.3, -0.25) is 0 Å². The molecule has 0 radical (unpaired) electrons. The molecule has 0 aliphatic heterocycles. The van der Waals surface area contributed by atoms with Crippen molar-refractivity contribution in [2.45, 2.75) is 6.54 Å². The van der Waals surface area contributed by atoms with Crippen LogP contribution in [0.4, 0.5) is 5.95 Å². The molecule has 0 bridgehead atoms. The summed E-state index contributed by atoms with van der Waals surface area (Å²) in [6.45, 7) is 0.545. The largest absolute Gasteiger partial charge is 0.496 e. The molecule has 2 aromatic carbocycles. The van der Waals surface area contributed by atoms with Gasteiger partial charge in [-0.05, 0) is 24.3 Å². The van der Waals surface area contributed by atoms with Gasteiger partial charge in [0.2, 0.25) is 5.95 Å². The van der Waals surface area contributed by atoms with Crippen molar-refractivity contribution in [1.82, 2.24) is 20.2 Å². The highest BCUT2D eigenvalue weighted by Gasteiger charge is 2.10. The van der Waals surface area contributed by atoms with Crippen molar-refractivity contribution in [3.05, 3.63) is 53.1 Å².